The predicted octanol–water partition coefficient (Wildman–Crippen LogP) is 5.28. The zero-order chi connectivity index (χ0) is 28.9. The van der Waals surface area contributed by atoms with Gasteiger partial charge in [0, 0.05) is 44.1 Å². The van der Waals surface area contributed by atoms with Crippen LogP contribution < -0.4 is 19.3 Å². The lowest BCUT2D eigenvalue weighted by molar-refractivity contribution is -0.389. The maximum atomic E-state index is 12.4. The first-order valence-corrected chi connectivity index (χ1v) is 13.0. The number of aryl methyl sites for hydroxylation is 1. The first kappa shape index (κ1) is 29.3. The van der Waals surface area contributed by atoms with Crippen molar-refractivity contribution in [3.63, 3.8) is 0 Å². The van der Waals surface area contributed by atoms with Crippen molar-refractivity contribution in [2.45, 2.75) is 44.3 Å². The SMILES string of the molecule is CN(c1ccc(OC[C@H](O)CCn2cc([N+](=O)[O-])nc2Cl)cc1)C1CCN(c2ccc(OC(F)(F)F)cc2)CC1. The van der Waals surface area contributed by atoms with E-state index >= 15 is 0 Å². The van der Waals surface area contributed by atoms with Crippen LogP contribution in [-0.2, 0) is 6.54 Å². The second kappa shape index (κ2) is 12.6. The predicted molar refractivity (Wildman–Crippen MR) is 143 cm³/mol. The Labute approximate surface area is 233 Å². The number of piperidine rings is 1. The number of nitro groups is 1. The molecule has 1 atom stereocenters. The maximum absolute atomic E-state index is 12.4. The Morgan fingerprint density at radius 3 is 2.35 bits per heavy atom. The van der Waals surface area contributed by atoms with E-state index in [-0.39, 0.29) is 36.4 Å². The number of aliphatic hydroxyl groups excluding tert-OH is 1. The highest BCUT2D eigenvalue weighted by Crippen LogP contribution is 2.29. The number of hydrogen-bond donors (Lipinski definition) is 1. The Balaban J connectivity index is 1.21. The Kier molecular flexibility index (Phi) is 9.25. The summed E-state index contributed by atoms with van der Waals surface area (Å²) in [5.74, 6) is 0.0141. The largest absolute Gasteiger partial charge is 0.573 e. The van der Waals surface area contributed by atoms with Crippen LogP contribution in [0.5, 0.6) is 11.5 Å². The number of nitrogens with zero attached hydrogens (tertiary/aromatic N) is 5. The van der Waals surface area contributed by atoms with Crippen molar-refractivity contribution in [1.29, 1.82) is 0 Å². The van der Waals surface area contributed by atoms with Crippen molar-refractivity contribution in [1.82, 2.24) is 9.55 Å². The molecule has 0 amide bonds. The lowest BCUT2D eigenvalue weighted by atomic mass is 10.0. The van der Waals surface area contributed by atoms with E-state index in [1.54, 1.807) is 12.1 Å². The minimum atomic E-state index is -4.71. The van der Waals surface area contributed by atoms with Gasteiger partial charge in [-0.25, -0.2) is 0 Å². The molecule has 10 nitrogen and oxygen atoms in total. The van der Waals surface area contributed by atoms with Crippen molar-refractivity contribution in [2.24, 2.45) is 0 Å². The molecule has 0 radical (unpaired) electrons. The highest BCUT2D eigenvalue weighted by molar-refractivity contribution is 6.28. The van der Waals surface area contributed by atoms with Gasteiger partial charge in [-0.1, -0.05) is 0 Å². The summed E-state index contributed by atoms with van der Waals surface area (Å²) >= 11 is 5.89. The number of halogens is 4. The van der Waals surface area contributed by atoms with Gasteiger partial charge in [-0.3, -0.25) is 4.57 Å². The average Bonchev–Trinajstić information content (AvgIpc) is 3.31. The molecule has 14 heteroatoms. The first-order valence-electron chi connectivity index (χ1n) is 12.6. The standard InChI is InChI=1S/C26H29ClF3N5O5/c1-32(19-10-13-33(14-11-19)20-4-8-23(9-5-20)40-26(28,29)30)18-2-6-22(7-3-18)39-17-21(36)12-15-34-16-24(35(37)38)31-25(34)27/h2-9,16,19,21,36H,10-15,17H2,1H3/t21-/m1/s1. The highest BCUT2D eigenvalue weighted by Gasteiger charge is 2.31. The molecule has 1 aliphatic rings. The van der Waals surface area contributed by atoms with E-state index < -0.39 is 17.4 Å². The van der Waals surface area contributed by atoms with E-state index in [9.17, 15) is 28.4 Å². The molecule has 3 aromatic rings. The van der Waals surface area contributed by atoms with Crippen LogP contribution in [0.25, 0.3) is 0 Å². The van der Waals surface area contributed by atoms with Gasteiger partial charge in [0.15, 0.2) is 0 Å². The monoisotopic (exact) mass is 583 g/mol. The van der Waals surface area contributed by atoms with E-state index in [1.165, 1.54) is 22.9 Å². The van der Waals surface area contributed by atoms with Crippen LogP contribution in [0.15, 0.2) is 54.7 Å². The number of rotatable bonds is 11. The average molecular weight is 584 g/mol. The Morgan fingerprint density at radius 1 is 1.15 bits per heavy atom. The van der Waals surface area contributed by atoms with Gasteiger partial charge in [0.25, 0.3) is 0 Å². The molecule has 0 spiro atoms. The smallest absolute Gasteiger partial charge is 0.491 e. The molecule has 2 aromatic carbocycles. The van der Waals surface area contributed by atoms with Crippen LogP contribution in [-0.4, -0.2) is 64.8 Å². The second-order valence-electron chi connectivity index (χ2n) is 9.44. The summed E-state index contributed by atoms with van der Waals surface area (Å²) in [4.78, 5) is 18.2. The summed E-state index contributed by atoms with van der Waals surface area (Å²) < 4.78 is 48.2. The van der Waals surface area contributed by atoms with Crippen LogP contribution in [0.2, 0.25) is 5.28 Å². The molecule has 40 heavy (non-hydrogen) atoms. The molecule has 1 N–H and O–H groups in total. The van der Waals surface area contributed by atoms with Gasteiger partial charge in [0.2, 0.25) is 0 Å². The summed E-state index contributed by atoms with van der Waals surface area (Å²) in [5, 5.41) is 21.0. The van der Waals surface area contributed by atoms with E-state index in [4.69, 9.17) is 16.3 Å². The molecule has 0 saturated carbocycles. The molecule has 216 valence electrons. The molecule has 1 aromatic heterocycles. The van der Waals surface area contributed by atoms with Gasteiger partial charge in [-0.05, 0) is 89.3 Å². The fourth-order valence-corrected chi connectivity index (χ4v) is 4.77. The van der Waals surface area contributed by atoms with Crippen molar-refractivity contribution < 1.29 is 32.7 Å². The number of hydrogen-bond acceptors (Lipinski definition) is 8. The Bertz CT molecular complexity index is 1270. The molecule has 0 unspecified atom stereocenters. The first-order chi connectivity index (χ1) is 19.0. The lowest BCUT2D eigenvalue weighted by Crippen LogP contribution is -2.43. The minimum absolute atomic E-state index is 0.0150. The Hall–Kier alpha value is -3.71. The third-order valence-electron chi connectivity index (χ3n) is 6.74. The van der Waals surface area contributed by atoms with Gasteiger partial charge < -0.3 is 34.5 Å². The summed E-state index contributed by atoms with van der Waals surface area (Å²) in [6.45, 7) is 1.84. The van der Waals surface area contributed by atoms with Crippen LogP contribution in [0.1, 0.15) is 19.3 Å². The van der Waals surface area contributed by atoms with Crippen molar-refractivity contribution in [3.8, 4) is 11.5 Å². The molecule has 2 heterocycles. The number of aliphatic hydroxyl groups is 1. The number of alkyl halides is 3. The topological polar surface area (TPSA) is 106 Å². The van der Waals surface area contributed by atoms with Crippen molar-refractivity contribution in [2.75, 3.05) is 36.5 Å². The zero-order valence-electron chi connectivity index (χ0n) is 21.6. The fourth-order valence-electron chi connectivity index (χ4n) is 4.55. The molecule has 1 saturated heterocycles. The number of aromatic nitrogens is 2. The third kappa shape index (κ3) is 7.92. The Morgan fingerprint density at radius 2 is 1.77 bits per heavy atom. The molecular formula is C26H29ClF3N5O5. The molecular weight excluding hydrogens is 555 g/mol. The summed E-state index contributed by atoms with van der Waals surface area (Å²) in [7, 11) is 2.02. The van der Waals surface area contributed by atoms with Crippen molar-refractivity contribution in [3.05, 3.63) is 70.1 Å². The third-order valence-corrected chi connectivity index (χ3v) is 7.04. The zero-order valence-corrected chi connectivity index (χ0v) is 22.4. The molecule has 1 aliphatic heterocycles. The van der Waals surface area contributed by atoms with Crippen molar-refractivity contribution >= 4 is 28.8 Å². The molecule has 0 bridgehead atoms. The van der Waals surface area contributed by atoms with E-state index in [0.29, 0.717) is 11.8 Å². The number of anilines is 2. The number of benzene rings is 2. The summed E-state index contributed by atoms with van der Waals surface area (Å²) in [5.41, 5.74) is 1.87. The number of imidazole rings is 1. The minimum Gasteiger partial charge on any atom is -0.491 e. The lowest BCUT2D eigenvalue weighted by Gasteiger charge is -2.39. The summed E-state index contributed by atoms with van der Waals surface area (Å²) in [6, 6.07) is 13.8. The van der Waals surface area contributed by atoms with Crippen LogP contribution >= 0.6 is 11.6 Å². The van der Waals surface area contributed by atoms with Crippen LogP contribution in [0, 0.1) is 10.1 Å². The van der Waals surface area contributed by atoms with Gasteiger partial charge in [-0.2, -0.15) is 0 Å². The van der Waals surface area contributed by atoms with E-state index in [1.807, 2.05) is 31.3 Å². The number of ether oxygens (including phenoxy) is 2. The summed E-state index contributed by atoms with van der Waals surface area (Å²) in [6.07, 6.45) is -2.25. The van der Waals surface area contributed by atoms with E-state index in [2.05, 4.69) is 19.5 Å². The van der Waals surface area contributed by atoms with Gasteiger partial charge in [0.1, 0.15) is 24.3 Å². The normalized spacial score (nSPS) is 15.1. The maximum Gasteiger partial charge on any atom is 0.573 e. The van der Waals surface area contributed by atoms with Gasteiger partial charge >= 0.3 is 17.5 Å². The van der Waals surface area contributed by atoms with Gasteiger partial charge in [-0.15, -0.1) is 13.2 Å². The molecule has 0 aliphatic carbocycles. The second-order valence-corrected chi connectivity index (χ2v) is 9.77. The van der Waals surface area contributed by atoms with Gasteiger partial charge in [0.05, 0.1) is 6.10 Å². The quantitative estimate of drug-likeness (QED) is 0.240. The molecule has 1 fully saturated rings. The fraction of sp³-hybridized carbons (Fsp3) is 0.423. The van der Waals surface area contributed by atoms with Crippen LogP contribution in [0.3, 0.4) is 0 Å². The molecule has 4 rings (SSSR count). The van der Waals surface area contributed by atoms with E-state index in [0.717, 1.165) is 37.3 Å². The van der Waals surface area contributed by atoms with Crippen LogP contribution in [0.4, 0.5) is 30.4 Å². The highest BCUT2D eigenvalue weighted by atomic mass is 35.5.